The van der Waals surface area contributed by atoms with E-state index in [1.54, 1.807) is 39.0 Å². The second-order valence-corrected chi connectivity index (χ2v) is 11.8. The van der Waals surface area contributed by atoms with Crippen molar-refractivity contribution in [1.29, 1.82) is 0 Å². The number of nitrogens with one attached hydrogen (secondary N) is 2. The third-order valence-corrected chi connectivity index (χ3v) is 6.88. The van der Waals surface area contributed by atoms with Crippen molar-refractivity contribution in [2.24, 2.45) is 5.73 Å². The Morgan fingerprint density at radius 3 is 2.19 bits per heavy atom. The molecular formula is C33H48N4O6. The summed E-state index contributed by atoms with van der Waals surface area (Å²) in [5, 5.41) is 15.5. The van der Waals surface area contributed by atoms with Crippen LogP contribution in [0.2, 0.25) is 0 Å². The van der Waals surface area contributed by atoms with Crippen molar-refractivity contribution in [2.45, 2.75) is 104 Å². The van der Waals surface area contributed by atoms with Gasteiger partial charge < -0.3 is 31.1 Å². The summed E-state index contributed by atoms with van der Waals surface area (Å²) in [6.45, 7) is 9.34. The molecule has 236 valence electrons. The van der Waals surface area contributed by atoms with E-state index in [4.69, 9.17) is 10.5 Å². The molecule has 0 fully saturated rings. The lowest BCUT2D eigenvalue weighted by molar-refractivity contribution is -0.141. The van der Waals surface area contributed by atoms with Crippen LogP contribution in [-0.4, -0.2) is 52.0 Å². The Bertz CT molecular complexity index is 1210. The van der Waals surface area contributed by atoms with Crippen LogP contribution in [0.4, 0.5) is 10.5 Å². The summed E-state index contributed by atoms with van der Waals surface area (Å²) in [7, 11) is 0. The number of phenolic OH excluding ortho intramolecular Hbond substituents is 1. The van der Waals surface area contributed by atoms with Gasteiger partial charge in [-0.1, -0.05) is 69.4 Å². The summed E-state index contributed by atoms with van der Waals surface area (Å²) in [4.78, 5) is 54.2. The van der Waals surface area contributed by atoms with Crippen LogP contribution in [0.15, 0.2) is 48.5 Å². The highest BCUT2D eigenvalue weighted by Gasteiger charge is 2.36. The minimum atomic E-state index is -1.17. The lowest BCUT2D eigenvalue weighted by atomic mass is 10.00. The second kappa shape index (κ2) is 17.1. The average Bonchev–Trinajstić information content (AvgIpc) is 2.93. The largest absolute Gasteiger partial charge is 0.508 e. The Labute approximate surface area is 255 Å². The molecule has 0 aromatic heterocycles. The first-order valence-corrected chi connectivity index (χ1v) is 15.1. The topological polar surface area (TPSA) is 151 Å². The zero-order valence-corrected chi connectivity index (χ0v) is 26.2. The Morgan fingerprint density at radius 2 is 1.58 bits per heavy atom. The van der Waals surface area contributed by atoms with Crippen molar-refractivity contribution in [3.63, 3.8) is 0 Å². The van der Waals surface area contributed by atoms with Crippen molar-refractivity contribution in [2.75, 3.05) is 11.9 Å². The van der Waals surface area contributed by atoms with Gasteiger partial charge in [0, 0.05) is 18.7 Å². The van der Waals surface area contributed by atoms with E-state index in [1.807, 2.05) is 25.1 Å². The smallest absolute Gasteiger partial charge is 0.408 e. The summed E-state index contributed by atoms with van der Waals surface area (Å²) in [6, 6.07) is 11.2. The van der Waals surface area contributed by atoms with E-state index in [9.17, 15) is 24.3 Å². The summed E-state index contributed by atoms with van der Waals surface area (Å²) in [5.41, 5.74) is 6.51. The van der Waals surface area contributed by atoms with Gasteiger partial charge in [0.15, 0.2) is 0 Å². The lowest BCUT2D eigenvalue weighted by Crippen LogP contribution is -2.52. The van der Waals surface area contributed by atoms with Crippen LogP contribution in [0.25, 0.3) is 0 Å². The lowest BCUT2D eigenvalue weighted by Gasteiger charge is -2.34. The van der Waals surface area contributed by atoms with Gasteiger partial charge in [0.1, 0.15) is 23.4 Å². The third-order valence-electron chi connectivity index (χ3n) is 6.88. The van der Waals surface area contributed by atoms with Crippen LogP contribution in [-0.2, 0) is 19.1 Å². The van der Waals surface area contributed by atoms with Gasteiger partial charge >= 0.3 is 6.09 Å². The van der Waals surface area contributed by atoms with Crippen molar-refractivity contribution < 1.29 is 29.0 Å². The van der Waals surface area contributed by atoms with Crippen molar-refractivity contribution in [3.05, 3.63) is 59.7 Å². The number of carbonyl (C=O) groups excluding carboxylic acids is 4. The normalized spacial score (nSPS) is 12.6. The molecule has 0 radical (unpaired) electrons. The Morgan fingerprint density at radius 1 is 0.953 bits per heavy atom. The Hall–Kier alpha value is -4.08. The highest BCUT2D eigenvalue weighted by molar-refractivity contribution is 5.99. The molecule has 0 saturated carbocycles. The number of unbranched alkanes of at least 4 members (excludes halogenated alkanes) is 5. The van der Waals surface area contributed by atoms with Crippen LogP contribution < -0.4 is 16.4 Å². The summed E-state index contributed by atoms with van der Waals surface area (Å²) in [6.07, 6.45) is 4.70. The van der Waals surface area contributed by atoms with Crippen molar-refractivity contribution >= 4 is 29.5 Å². The molecule has 0 spiro atoms. The van der Waals surface area contributed by atoms with Crippen LogP contribution in [0.1, 0.15) is 96.2 Å². The van der Waals surface area contributed by atoms with E-state index >= 15 is 0 Å². The number of ether oxygens (including phenoxy) is 1. The molecule has 10 nitrogen and oxygen atoms in total. The minimum absolute atomic E-state index is 0.0153. The molecule has 0 bridgehead atoms. The number of carbonyl (C=O) groups is 4. The number of aromatic hydroxyl groups is 1. The highest BCUT2D eigenvalue weighted by Crippen LogP contribution is 2.28. The van der Waals surface area contributed by atoms with Gasteiger partial charge in [-0.05, 0) is 69.9 Å². The number of benzene rings is 2. The molecule has 10 heteroatoms. The number of phenols is 1. The van der Waals surface area contributed by atoms with Crippen LogP contribution >= 0.6 is 0 Å². The van der Waals surface area contributed by atoms with Crippen LogP contribution in [0.5, 0.6) is 5.75 Å². The maximum atomic E-state index is 14.3. The molecule has 2 aromatic carbocycles. The molecule has 2 unspecified atom stereocenters. The first-order valence-electron chi connectivity index (χ1n) is 15.1. The number of anilines is 1. The average molecular weight is 597 g/mol. The maximum Gasteiger partial charge on any atom is 0.408 e. The Balaban J connectivity index is 2.52. The van der Waals surface area contributed by atoms with Gasteiger partial charge in [-0.2, -0.15) is 0 Å². The number of nitrogens with zero attached hydrogens (tertiary/aromatic N) is 1. The number of nitrogens with two attached hydrogens (primary N) is 1. The molecule has 0 heterocycles. The predicted molar refractivity (Wildman–Crippen MR) is 167 cm³/mol. The van der Waals surface area contributed by atoms with Crippen LogP contribution in [0.3, 0.4) is 0 Å². The number of hydrogen-bond donors (Lipinski definition) is 4. The SMILES string of the molecule is CCCCCCCCN(C(=O)C(CCC(N)=O)NC(=O)OC(C)(C)C)C(C(=O)Nc1ccccc1C)c1ccc(O)cc1. The molecule has 0 aliphatic rings. The van der Waals surface area contributed by atoms with E-state index in [-0.39, 0.29) is 25.1 Å². The number of hydrogen-bond acceptors (Lipinski definition) is 6. The monoisotopic (exact) mass is 596 g/mol. The molecule has 2 atom stereocenters. The number of rotatable bonds is 16. The van der Waals surface area contributed by atoms with Crippen molar-refractivity contribution in [3.8, 4) is 5.75 Å². The summed E-state index contributed by atoms with van der Waals surface area (Å²) < 4.78 is 5.39. The van der Waals surface area contributed by atoms with E-state index in [2.05, 4.69) is 17.6 Å². The number of alkyl carbamates (subject to hydrolysis) is 1. The molecule has 5 N–H and O–H groups in total. The maximum absolute atomic E-state index is 14.3. The number of amides is 4. The number of primary amides is 1. The summed E-state index contributed by atoms with van der Waals surface area (Å²) in [5.74, 6) is -1.61. The molecule has 0 aliphatic heterocycles. The molecule has 4 amide bonds. The fourth-order valence-electron chi connectivity index (χ4n) is 4.67. The minimum Gasteiger partial charge on any atom is -0.508 e. The van der Waals surface area contributed by atoms with E-state index in [0.29, 0.717) is 17.7 Å². The van der Waals surface area contributed by atoms with Gasteiger partial charge in [-0.25, -0.2) is 4.79 Å². The van der Waals surface area contributed by atoms with Gasteiger partial charge in [0.2, 0.25) is 11.8 Å². The quantitative estimate of drug-likeness (QED) is 0.182. The number of para-hydroxylation sites is 1. The third kappa shape index (κ3) is 12.4. The van der Waals surface area contributed by atoms with E-state index in [0.717, 1.165) is 37.7 Å². The highest BCUT2D eigenvalue weighted by atomic mass is 16.6. The second-order valence-electron chi connectivity index (χ2n) is 11.8. The van der Waals surface area contributed by atoms with Gasteiger partial charge in [0.25, 0.3) is 5.91 Å². The Kier molecular flexibility index (Phi) is 14.0. The molecule has 0 aliphatic carbocycles. The van der Waals surface area contributed by atoms with E-state index in [1.165, 1.54) is 17.0 Å². The zero-order valence-electron chi connectivity index (χ0n) is 26.2. The molecule has 2 rings (SSSR count). The molecule has 43 heavy (non-hydrogen) atoms. The van der Waals surface area contributed by atoms with Gasteiger partial charge in [-0.3, -0.25) is 14.4 Å². The first kappa shape index (κ1) is 35.1. The molecule has 2 aromatic rings. The van der Waals surface area contributed by atoms with Gasteiger partial charge in [-0.15, -0.1) is 0 Å². The first-order chi connectivity index (χ1) is 20.3. The number of aryl methyl sites for hydroxylation is 1. The predicted octanol–water partition coefficient (Wildman–Crippen LogP) is 5.73. The van der Waals surface area contributed by atoms with Crippen LogP contribution in [0, 0.1) is 6.92 Å². The fraction of sp³-hybridized carbons (Fsp3) is 0.515. The zero-order chi connectivity index (χ0) is 32.0. The molecule has 0 saturated heterocycles. The summed E-state index contributed by atoms with van der Waals surface area (Å²) >= 11 is 0. The molecular weight excluding hydrogens is 548 g/mol. The van der Waals surface area contributed by atoms with Gasteiger partial charge in [0.05, 0.1) is 0 Å². The van der Waals surface area contributed by atoms with E-state index < -0.39 is 41.5 Å². The standard InChI is InChI=1S/C33H48N4O6/c1-6-7-8-9-10-13-22-37(31(41)27(20-21-28(34)39)36-32(42)43-33(3,4)5)29(24-16-18-25(38)19-17-24)30(40)35-26-15-12-11-14-23(26)2/h11-12,14-19,27,29,38H,6-10,13,20-22H2,1-5H3,(H2,34,39)(H,35,40)(H,36,42). The van der Waals surface area contributed by atoms with Crippen molar-refractivity contribution in [1.82, 2.24) is 10.2 Å². The fourth-order valence-corrected chi connectivity index (χ4v) is 4.67.